The van der Waals surface area contributed by atoms with Gasteiger partial charge in [0.15, 0.2) is 0 Å². The third-order valence-electron chi connectivity index (χ3n) is 2.34. The molecular weight excluding hydrogens is 299 g/mol. The summed E-state index contributed by atoms with van der Waals surface area (Å²) in [6.07, 6.45) is 0.681. The number of fused-ring (bicyclic) bond motifs is 1. The molecule has 0 fully saturated rings. The van der Waals surface area contributed by atoms with Gasteiger partial charge in [-0.05, 0) is 15.9 Å². The van der Waals surface area contributed by atoms with Crippen LogP contribution in [-0.4, -0.2) is 11.5 Å². The lowest BCUT2D eigenvalue weighted by molar-refractivity contribution is -0.385. The number of hydrogen-bond acceptors (Lipinski definition) is 4. The maximum atomic E-state index is 10.6. The van der Waals surface area contributed by atoms with Crippen LogP contribution in [-0.2, 0) is 0 Å². The van der Waals surface area contributed by atoms with Gasteiger partial charge in [-0.1, -0.05) is 0 Å². The molecule has 1 heterocycles. The molecule has 0 spiro atoms. The Bertz CT molecular complexity index is 427. The second-order valence-corrected chi connectivity index (χ2v) is 4.20. The van der Waals surface area contributed by atoms with Crippen molar-refractivity contribution in [1.29, 1.82) is 0 Å². The van der Waals surface area contributed by atoms with Gasteiger partial charge in [-0.2, -0.15) is 0 Å². The summed E-state index contributed by atoms with van der Waals surface area (Å²) in [5, 5.41) is 10.6. The van der Waals surface area contributed by atoms with E-state index in [2.05, 4.69) is 15.9 Å². The molecule has 1 aromatic carbocycles. The zero-order chi connectivity index (χ0) is 11.0. The van der Waals surface area contributed by atoms with Gasteiger partial charge in [0.05, 0.1) is 16.0 Å². The Morgan fingerprint density at radius 3 is 2.88 bits per heavy atom. The molecule has 5 nitrogen and oxygen atoms in total. The summed E-state index contributed by atoms with van der Waals surface area (Å²) in [4.78, 5) is 10.2. The summed E-state index contributed by atoms with van der Waals surface area (Å²) in [7, 11) is 0. The summed E-state index contributed by atoms with van der Waals surface area (Å²) in [6, 6.07) is 2.71. The molecule has 7 heteroatoms. The Labute approximate surface area is 107 Å². The number of non-ortho nitro benzene ring substituents is 1. The van der Waals surface area contributed by atoms with Crippen molar-refractivity contribution < 1.29 is 9.66 Å². The summed E-state index contributed by atoms with van der Waals surface area (Å²) >= 11 is 3.24. The van der Waals surface area contributed by atoms with Gasteiger partial charge in [0.2, 0.25) is 0 Å². The Kier molecular flexibility index (Phi) is 4.12. The first-order valence-corrected chi connectivity index (χ1v) is 5.25. The van der Waals surface area contributed by atoms with Crippen LogP contribution in [0.25, 0.3) is 0 Å². The van der Waals surface area contributed by atoms with Gasteiger partial charge in [0.1, 0.15) is 5.75 Å². The van der Waals surface area contributed by atoms with Crippen LogP contribution in [0.4, 0.5) is 5.69 Å². The van der Waals surface area contributed by atoms with Gasteiger partial charge in [0.25, 0.3) is 5.69 Å². The van der Waals surface area contributed by atoms with Crippen LogP contribution in [0, 0.1) is 10.1 Å². The van der Waals surface area contributed by atoms with Crippen molar-refractivity contribution >= 4 is 34.0 Å². The molecule has 16 heavy (non-hydrogen) atoms. The zero-order valence-electron chi connectivity index (χ0n) is 8.18. The molecule has 1 aliphatic heterocycles. The molecule has 88 valence electrons. The fraction of sp³-hybridized carbons (Fsp3) is 0.333. The highest BCUT2D eigenvalue weighted by atomic mass is 79.9. The third-order valence-corrected chi connectivity index (χ3v) is 2.93. The van der Waals surface area contributed by atoms with Crippen LogP contribution in [0.1, 0.15) is 18.0 Å². The van der Waals surface area contributed by atoms with E-state index in [0.717, 1.165) is 0 Å². The average Bonchev–Trinajstić information content (AvgIpc) is 2.19. The summed E-state index contributed by atoms with van der Waals surface area (Å²) in [5.74, 6) is 0.624. The molecule has 0 aliphatic carbocycles. The van der Waals surface area contributed by atoms with E-state index in [0.29, 0.717) is 28.8 Å². The predicted octanol–water partition coefficient (Wildman–Crippen LogP) is 2.56. The maximum Gasteiger partial charge on any atom is 0.271 e. The van der Waals surface area contributed by atoms with E-state index >= 15 is 0 Å². The van der Waals surface area contributed by atoms with Crippen molar-refractivity contribution in [3.8, 4) is 5.75 Å². The van der Waals surface area contributed by atoms with Crippen molar-refractivity contribution in [2.45, 2.75) is 12.5 Å². The second kappa shape index (κ2) is 4.99. The quantitative estimate of drug-likeness (QED) is 0.639. The molecule has 2 N–H and O–H groups in total. The van der Waals surface area contributed by atoms with Crippen LogP contribution in [0.15, 0.2) is 16.6 Å². The Balaban J connectivity index is 0.00000128. The topological polar surface area (TPSA) is 78.4 Å². The van der Waals surface area contributed by atoms with Crippen molar-refractivity contribution in [2.24, 2.45) is 5.73 Å². The first-order valence-electron chi connectivity index (χ1n) is 4.46. The van der Waals surface area contributed by atoms with Crippen LogP contribution >= 0.6 is 28.3 Å². The second-order valence-electron chi connectivity index (χ2n) is 3.35. The van der Waals surface area contributed by atoms with Crippen LogP contribution in [0.3, 0.4) is 0 Å². The third kappa shape index (κ3) is 2.28. The minimum absolute atomic E-state index is 0. The standard InChI is InChI=1S/C9H9BrN2O3.ClH/c10-7-4-5(12(13)14)3-6-8(11)1-2-15-9(6)7;/h3-4,8H,1-2,11H2;1H/t8-;/m0./s1. The molecular formula is C9H10BrClN2O3. The lowest BCUT2D eigenvalue weighted by Gasteiger charge is -2.23. The highest BCUT2D eigenvalue weighted by molar-refractivity contribution is 9.10. The lowest BCUT2D eigenvalue weighted by Crippen LogP contribution is -2.21. The van der Waals surface area contributed by atoms with Crippen molar-refractivity contribution in [3.63, 3.8) is 0 Å². The first kappa shape index (κ1) is 13.2. The maximum absolute atomic E-state index is 10.6. The molecule has 2 rings (SSSR count). The number of nitro benzene ring substituents is 1. The number of nitrogens with two attached hydrogens (primary N) is 1. The Hall–Kier alpha value is -0.850. The van der Waals surface area contributed by atoms with E-state index in [4.69, 9.17) is 10.5 Å². The van der Waals surface area contributed by atoms with Gasteiger partial charge < -0.3 is 10.5 Å². The van der Waals surface area contributed by atoms with Gasteiger partial charge in [-0.15, -0.1) is 12.4 Å². The van der Waals surface area contributed by atoms with Crippen LogP contribution in [0.2, 0.25) is 0 Å². The molecule has 1 aliphatic rings. The van der Waals surface area contributed by atoms with Gasteiger partial charge in [0, 0.05) is 30.2 Å². The van der Waals surface area contributed by atoms with Gasteiger partial charge in [-0.25, -0.2) is 0 Å². The fourth-order valence-corrected chi connectivity index (χ4v) is 2.15. The van der Waals surface area contributed by atoms with Crippen molar-refractivity contribution in [2.75, 3.05) is 6.61 Å². The van der Waals surface area contributed by atoms with Crippen molar-refractivity contribution in [1.82, 2.24) is 0 Å². The molecule has 0 unspecified atom stereocenters. The molecule has 1 atom stereocenters. The van der Waals surface area contributed by atoms with Crippen molar-refractivity contribution in [3.05, 3.63) is 32.3 Å². The summed E-state index contributed by atoms with van der Waals surface area (Å²) in [5.41, 5.74) is 6.59. The molecule has 0 aromatic heterocycles. The minimum atomic E-state index is -0.438. The number of nitro groups is 1. The van der Waals surface area contributed by atoms with E-state index in [9.17, 15) is 10.1 Å². The van der Waals surface area contributed by atoms with Crippen LogP contribution in [0.5, 0.6) is 5.75 Å². The SMILES string of the molecule is Cl.N[C@H]1CCOc2c(Br)cc([N+](=O)[O-])cc21. The Morgan fingerprint density at radius 1 is 1.56 bits per heavy atom. The highest BCUT2D eigenvalue weighted by Crippen LogP contribution is 2.39. The summed E-state index contributed by atoms with van der Waals surface area (Å²) < 4.78 is 5.99. The fourth-order valence-electron chi connectivity index (χ4n) is 1.58. The predicted molar refractivity (Wildman–Crippen MR) is 65.1 cm³/mol. The smallest absolute Gasteiger partial charge is 0.271 e. The summed E-state index contributed by atoms with van der Waals surface area (Å²) in [6.45, 7) is 0.546. The molecule has 0 amide bonds. The molecule has 0 saturated heterocycles. The molecule has 0 bridgehead atoms. The first-order chi connectivity index (χ1) is 7.09. The number of rotatable bonds is 1. The molecule has 0 radical (unpaired) electrons. The highest BCUT2D eigenvalue weighted by Gasteiger charge is 2.24. The monoisotopic (exact) mass is 308 g/mol. The number of ether oxygens (including phenoxy) is 1. The van der Waals surface area contributed by atoms with E-state index < -0.39 is 4.92 Å². The lowest BCUT2D eigenvalue weighted by atomic mass is 10.0. The normalized spacial score (nSPS) is 18.0. The largest absolute Gasteiger partial charge is 0.492 e. The molecule has 1 aromatic rings. The number of nitrogens with zero attached hydrogens (tertiary/aromatic N) is 1. The average molecular weight is 310 g/mol. The number of halogens is 2. The van der Waals surface area contributed by atoms with E-state index in [-0.39, 0.29) is 24.1 Å². The molecule has 0 saturated carbocycles. The zero-order valence-corrected chi connectivity index (χ0v) is 10.6. The van der Waals surface area contributed by atoms with Gasteiger partial charge in [-0.3, -0.25) is 10.1 Å². The van der Waals surface area contributed by atoms with E-state index in [1.807, 2.05) is 0 Å². The van der Waals surface area contributed by atoms with E-state index in [1.54, 1.807) is 0 Å². The minimum Gasteiger partial charge on any atom is -0.492 e. The number of hydrogen-bond donors (Lipinski definition) is 1. The van der Waals surface area contributed by atoms with Gasteiger partial charge >= 0.3 is 0 Å². The Morgan fingerprint density at radius 2 is 2.25 bits per heavy atom. The number of benzene rings is 1. The van der Waals surface area contributed by atoms with Crippen LogP contribution < -0.4 is 10.5 Å². The van der Waals surface area contributed by atoms with E-state index in [1.165, 1.54) is 12.1 Å².